The molecular weight excluding hydrogens is 368 g/mol. The molecule has 30 heavy (non-hydrogen) atoms. The van der Waals surface area contributed by atoms with Gasteiger partial charge in [0.05, 0.1) is 6.20 Å². The monoisotopic (exact) mass is 403 g/mol. The van der Waals surface area contributed by atoms with Crippen LogP contribution in [0.4, 0.5) is 0 Å². The van der Waals surface area contributed by atoms with E-state index in [1.807, 2.05) is 18.5 Å². The molecule has 0 bridgehead atoms. The molecule has 0 atom stereocenters. The van der Waals surface area contributed by atoms with E-state index in [0.29, 0.717) is 5.88 Å². The summed E-state index contributed by atoms with van der Waals surface area (Å²) in [6, 6.07) is 18.9. The molecule has 0 saturated heterocycles. The van der Waals surface area contributed by atoms with E-state index in [2.05, 4.69) is 65.0 Å². The first-order valence-corrected chi connectivity index (χ1v) is 11.5. The topological polar surface area (TPSA) is 26.0 Å². The van der Waals surface area contributed by atoms with Crippen molar-refractivity contribution < 1.29 is 9.30 Å². The Morgan fingerprint density at radius 2 is 1.47 bits per heavy atom. The molecule has 0 aliphatic carbocycles. The van der Waals surface area contributed by atoms with Crippen LogP contribution in [0.5, 0.6) is 11.6 Å². The van der Waals surface area contributed by atoms with E-state index in [4.69, 9.17) is 4.74 Å². The molecule has 3 heteroatoms. The largest absolute Gasteiger partial charge is 0.434 e. The molecule has 0 aliphatic heterocycles. The van der Waals surface area contributed by atoms with Crippen molar-refractivity contribution in [1.82, 2.24) is 4.98 Å². The zero-order chi connectivity index (χ0) is 20.9. The van der Waals surface area contributed by atoms with Gasteiger partial charge < -0.3 is 4.74 Å². The third-order valence-corrected chi connectivity index (χ3v) is 5.41. The number of ether oxygens (including phenoxy) is 1. The summed E-state index contributed by atoms with van der Waals surface area (Å²) in [5, 5.41) is 0. The standard InChI is InChI=1S/C27H35N2O/c1-2-3-4-5-6-7-8-10-13-24-16-18-26(19-17-24)30-27-23-29(21-20-28-27)22-25-14-11-9-12-15-25/h9,11-12,14-21,23H,2-8,10,13,22H2,1H3/q+1. The van der Waals surface area contributed by atoms with Crippen molar-refractivity contribution in [2.75, 3.05) is 0 Å². The molecule has 2 aromatic carbocycles. The lowest BCUT2D eigenvalue weighted by molar-refractivity contribution is -0.689. The molecule has 158 valence electrons. The van der Waals surface area contributed by atoms with Gasteiger partial charge in [-0.15, -0.1) is 0 Å². The van der Waals surface area contributed by atoms with Gasteiger partial charge in [0, 0.05) is 5.56 Å². The van der Waals surface area contributed by atoms with Crippen molar-refractivity contribution in [2.24, 2.45) is 0 Å². The van der Waals surface area contributed by atoms with Gasteiger partial charge in [-0.1, -0.05) is 94.3 Å². The van der Waals surface area contributed by atoms with Gasteiger partial charge in [-0.05, 0) is 30.5 Å². The van der Waals surface area contributed by atoms with E-state index in [0.717, 1.165) is 18.7 Å². The highest BCUT2D eigenvalue weighted by atomic mass is 16.5. The first-order chi connectivity index (χ1) is 14.8. The summed E-state index contributed by atoms with van der Waals surface area (Å²) in [5.74, 6) is 1.45. The molecule has 0 radical (unpaired) electrons. The Morgan fingerprint density at radius 3 is 2.20 bits per heavy atom. The van der Waals surface area contributed by atoms with Crippen molar-refractivity contribution in [1.29, 1.82) is 0 Å². The van der Waals surface area contributed by atoms with Gasteiger partial charge in [-0.2, -0.15) is 4.57 Å². The molecule has 0 aliphatic rings. The lowest BCUT2D eigenvalue weighted by atomic mass is 10.0. The number of nitrogens with zero attached hydrogens (tertiary/aromatic N) is 2. The number of rotatable bonds is 13. The third kappa shape index (κ3) is 7.98. The Morgan fingerprint density at radius 1 is 0.767 bits per heavy atom. The number of hydrogen-bond acceptors (Lipinski definition) is 2. The maximum absolute atomic E-state index is 5.97. The van der Waals surface area contributed by atoms with Crippen molar-refractivity contribution in [2.45, 2.75) is 71.3 Å². The van der Waals surface area contributed by atoms with E-state index < -0.39 is 0 Å². The van der Waals surface area contributed by atoms with Crippen LogP contribution < -0.4 is 9.30 Å². The summed E-state index contributed by atoms with van der Waals surface area (Å²) in [4.78, 5) is 4.35. The summed E-state index contributed by atoms with van der Waals surface area (Å²) in [6.45, 7) is 3.08. The normalized spacial score (nSPS) is 10.8. The molecule has 3 rings (SSSR count). The minimum absolute atomic E-state index is 0.615. The van der Waals surface area contributed by atoms with Gasteiger partial charge in [-0.3, -0.25) is 0 Å². The molecule has 0 fully saturated rings. The molecule has 0 N–H and O–H groups in total. The number of hydrogen-bond donors (Lipinski definition) is 0. The van der Waals surface area contributed by atoms with E-state index in [9.17, 15) is 0 Å². The first kappa shape index (κ1) is 22.0. The second-order valence-electron chi connectivity index (χ2n) is 8.02. The van der Waals surface area contributed by atoms with Crippen molar-refractivity contribution in [3.63, 3.8) is 0 Å². The summed E-state index contributed by atoms with van der Waals surface area (Å²) >= 11 is 0. The molecule has 0 spiro atoms. The Hall–Kier alpha value is -2.68. The minimum Gasteiger partial charge on any atom is -0.434 e. The SMILES string of the molecule is CCCCCCCCCCc1ccc(Oc2c[n+](Cc3ccccc3)ccn2)cc1. The highest BCUT2D eigenvalue weighted by Crippen LogP contribution is 2.20. The van der Waals surface area contributed by atoms with Gasteiger partial charge in [0.15, 0.2) is 12.7 Å². The zero-order valence-corrected chi connectivity index (χ0v) is 18.3. The van der Waals surface area contributed by atoms with Gasteiger partial charge in [0.2, 0.25) is 6.20 Å². The number of benzene rings is 2. The van der Waals surface area contributed by atoms with Crippen LogP contribution in [0.25, 0.3) is 0 Å². The van der Waals surface area contributed by atoms with Gasteiger partial charge >= 0.3 is 0 Å². The maximum Gasteiger partial charge on any atom is 0.285 e. The van der Waals surface area contributed by atoms with Crippen molar-refractivity contribution >= 4 is 0 Å². The predicted molar refractivity (Wildman–Crippen MR) is 123 cm³/mol. The summed E-state index contributed by atoms with van der Waals surface area (Å²) in [5.41, 5.74) is 2.64. The van der Waals surface area contributed by atoms with E-state index in [-0.39, 0.29) is 0 Å². The molecule has 0 amide bonds. The van der Waals surface area contributed by atoms with Crippen LogP contribution in [-0.4, -0.2) is 4.98 Å². The fraction of sp³-hybridized carbons (Fsp3) is 0.407. The third-order valence-electron chi connectivity index (χ3n) is 5.41. The fourth-order valence-corrected chi connectivity index (χ4v) is 3.66. The van der Waals surface area contributed by atoms with Crippen LogP contribution in [0, 0.1) is 0 Å². The molecular formula is C27H35N2O+. The first-order valence-electron chi connectivity index (χ1n) is 11.5. The van der Waals surface area contributed by atoms with E-state index in [1.54, 1.807) is 6.20 Å². The number of aromatic nitrogens is 2. The molecule has 1 aromatic heterocycles. The van der Waals surface area contributed by atoms with E-state index in [1.165, 1.54) is 62.5 Å². The molecule has 0 unspecified atom stereocenters. The average Bonchev–Trinajstić information content (AvgIpc) is 2.78. The summed E-state index contributed by atoms with van der Waals surface area (Å²) in [6.07, 6.45) is 17.7. The van der Waals surface area contributed by atoms with Gasteiger partial charge in [-0.25, -0.2) is 4.98 Å². The molecule has 3 nitrogen and oxygen atoms in total. The zero-order valence-electron chi connectivity index (χ0n) is 18.3. The smallest absolute Gasteiger partial charge is 0.285 e. The number of aryl methyl sites for hydroxylation is 1. The second-order valence-corrected chi connectivity index (χ2v) is 8.02. The highest BCUT2D eigenvalue weighted by molar-refractivity contribution is 5.29. The van der Waals surface area contributed by atoms with E-state index >= 15 is 0 Å². The minimum atomic E-state index is 0.615. The lowest BCUT2D eigenvalue weighted by Crippen LogP contribution is -2.33. The number of unbranched alkanes of at least 4 members (excludes halogenated alkanes) is 7. The average molecular weight is 404 g/mol. The second kappa shape index (κ2) is 12.8. The highest BCUT2D eigenvalue weighted by Gasteiger charge is 2.07. The summed E-state index contributed by atoms with van der Waals surface area (Å²) in [7, 11) is 0. The Labute approximate surface area is 181 Å². The van der Waals surface area contributed by atoms with Crippen LogP contribution in [0.1, 0.15) is 69.4 Å². The quantitative estimate of drug-likeness (QED) is 0.229. The Kier molecular flexibility index (Phi) is 9.39. The fourth-order valence-electron chi connectivity index (χ4n) is 3.66. The van der Waals surface area contributed by atoms with Crippen LogP contribution in [0.15, 0.2) is 73.2 Å². The van der Waals surface area contributed by atoms with Crippen LogP contribution in [-0.2, 0) is 13.0 Å². The Bertz CT molecular complexity index is 846. The van der Waals surface area contributed by atoms with Crippen molar-refractivity contribution in [3.8, 4) is 11.6 Å². The predicted octanol–water partition coefficient (Wildman–Crippen LogP) is 6.89. The summed E-state index contributed by atoms with van der Waals surface area (Å²) < 4.78 is 8.06. The van der Waals surface area contributed by atoms with Gasteiger partial charge in [0.1, 0.15) is 5.75 Å². The van der Waals surface area contributed by atoms with Crippen LogP contribution >= 0.6 is 0 Å². The molecule has 1 heterocycles. The maximum atomic E-state index is 5.97. The van der Waals surface area contributed by atoms with Crippen LogP contribution in [0.3, 0.4) is 0 Å². The Balaban J connectivity index is 1.41. The lowest BCUT2D eigenvalue weighted by Gasteiger charge is -2.06. The van der Waals surface area contributed by atoms with Crippen LogP contribution in [0.2, 0.25) is 0 Å². The van der Waals surface area contributed by atoms with Gasteiger partial charge in [0.25, 0.3) is 5.88 Å². The molecule has 3 aromatic rings. The van der Waals surface area contributed by atoms with Crippen molar-refractivity contribution in [3.05, 3.63) is 84.3 Å². The molecule has 0 saturated carbocycles.